The fourth-order valence-corrected chi connectivity index (χ4v) is 3.62. The van der Waals surface area contributed by atoms with Crippen molar-refractivity contribution < 1.29 is 9.47 Å². The number of hydrogen-bond donors (Lipinski definition) is 0. The van der Waals surface area contributed by atoms with E-state index in [0.29, 0.717) is 11.9 Å². The van der Waals surface area contributed by atoms with Crippen molar-refractivity contribution >= 4 is 5.82 Å². The number of aromatic nitrogens is 2. The van der Waals surface area contributed by atoms with Gasteiger partial charge in [0.1, 0.15) is 0 Å². The van der Waals surface area contributed by atoms with Crippen LogP contribution >= 0.6 is 0 Å². The highest BCUT2D eigenvalue weighted by Gasteiger charge is 2.41. The van der Waals surface area contributed by atoms with Gasteiger partial charge in [-0.3, -0.25) is 4.90 Å². The number of morpholine rings is 1. The molecule has 2 fully saturated rings. The number of anilines is 1. The first-order valence-electron chi connectivity index (χ1n) is 8.34. The Balaban J connectivity index is 1.52. The Morgan fingerprint density at radius 3 is 2.83 bits per heavy atom. The minimum absolute atomic E-state index is 0.203. The van der Waals surface area contributed by atoms with Gasteiger partial charge in [0.05, 0.1) is 25.9 Å². The van der Waals surface area contributed by atoms with E-state index in [9.17, 15) is 0 Å². The van der Waals surface area contributed by atoms with E-state index >= 15 is 0 Å². The summed E-state index contributed by atoms with van der Waals surface area (Å²) >= 11 is 0. The van der Waals surface area contributed by atoms with Crippen molar-refractivity contribution in [3.05, 3.63) is 48.3 Å². The van der Waals surface area contributed by atoms with E-state index < -0.39 is 0 Å². The molecule has 2 atom stereocenters. The summed E-state index contributed by atoms with van der Waals surface area (Å²) in [6.45, 7) is 4.40. The number of methoxy groups -OCH3 is 1. The molecule has 6 heteroatoms. The summed E-state index contributed by atoms with van der Waals surface area (Å²) in [7, 11) is 1.63. The molecule has 1 aromatic carbocycles. The summed E-state index contributed by atoms with van der Waals surface area (Å²) in [5.41, 5.74) is 1.34. The Bertz CT molecular complexity index is 682. The SMILES string of the molecule is COc1nccnc1N1CC2OCCN(Cc3ccccc3)C2C1. The van der Waals surface area contributed by atoms with Gasteiger partial charge in [-0.2, -0.15) is 0 Å². The van der Waals surface area contributed by atoms with Crippen molar-refractivity contribution in [3.8, 4) is 5.88 Å². The lowest BCUT2D eigenvalue weighted by atomic mass is 10.1. The molecule has 2 aliphatic heterocycles. The third-order valence-electron chi connectivity index (χ3n) is 4.78. The van der Waals surface area contributed by atoms with E-state index in [1.165, 1.54) is 5.56 Å². The van der Waals surface area contributed by atoms with Crippen LogP contribution in [-0.4, -0.2) is 60.4 Å². The van der Waals surface area contributed by atoms with Gasteiger partial charge in [-0.05, 0) is 5.56 Å². The second-order valence-corrected chi connectivity index (χ2v) is 6.23. The van der Waals surface area contributed by atoms with Crippen molar-refractivity contribution in [3.63, 3.8) is 0 Å². The summed E-state index contributed by atoms with van der Waals surface area (Å²) in [5, 5.41) is 0. The largest absolute Gasteiger partial charge is 0.478 e. The van der Waals surface area contributed by atoms with E-state index in [1.807, 2.05) is 0 Å². The van der Waals surface area contributed by atoms with Gasteiger partial charge < -0.3 is 14.4 Å². The highest BCUT2D eigenvalue weighted by atomic mass is 16.5. The van der Waals surface area contributed by atoms with Gasteiger partial charge in [0.25, 0.3) is 5.88 Å². The fraction of sp³-hybridized carbons (Fsp3) is 0.444. The monoisotopic (exact) mass is 326 g/mol. The molecule has 0 radical (unpaired) electrons. The average Bonchev–Trinajstić information content (AvgIpc) is 3.08. The zero-order chi connectivity index (χ0) is 16.4. The smallest absolute Gasteiger partial charge is 0.257 e. The molecule has 0 aliphatic carbocycles. The predicted octanol–water partition coefficient (Wildman–Crippen LogP) is 1.57. The first kappa shape index (κ1) is 15.4. The van der Waals surface area contributed by atoms with Gasteiger partial charge in [0.15, 0.2) is 5.82 Å². The Morgan fingerprint density at radius 2 is 2.00 bits per heavy atom. The van der Waals surface area contributed by atoms with Crippen molar-refractivity contribution in [1.82, 2.24) is 14.9 Å². The molecule has 126 valence electrons. The van der Waals surface area contributed by atoms with Crippen molar-refractivity contribution in [2.45, 2.75) is 18.7 Å². The van der Waals surface area contributed by atoms with Crippen LogP contribution < -0.4 is 9.64 Å². The molecule has 2 unspecified atom stereocenters. The molecule has 2 aliphatic rings. The number of ether oxygens (including phenoxy) is 2. The third kappa shape index (κ3) is 2.95. The standard InChI is InChI=1S/C18H22N4O2/c1-23-18-17(19-7-8-20-18)22-12-15-16(13-22)24-10-9-21(15)11-14-5-3-2-4-6-14/h2-8,15-16H,9-13H2,1H3. The van der Waals surface area contributed by atoms with Crippen LogP contribution in [0.3, 0.4) is 0 Å². The molecule has 2 aromatic rings. The van der Waals surface area contributed by atoms with Crippen LogP contribution in [0, 0.1) is 0 Å². The lowest BCUT2D eigenvalue weighted by Crippen LogP contribution is -2.50. The van der Waals surface area contributed by atoms with Gasteiger partial charge >= 0.3 is 0 Å². The molecule has 6 nitrogen and oxygen atoms in total. The van der Waals surface area contributed by atoms with Crippen LogP contribution in [0.15, 0.2) is 42.7 Å². The molecule has 4 rings (SSSR count). The Labute approximate surface area is 142 Å². The van der Waals surface area contributed by atoms with Gasteiger partial charge in [0.2, 0.25) is 0 Å². The Morgan fingerprint density at radius 1 is 1.17 bits per heavy atom. The van der Waals surface area contributed by atoms with Crippen molar-refractivity contribution in [2.75, 3.05) is 38.3 Å². The van der Waals surface area contributed by atoms with Crippen molar-refractivity contribution in [1.29, 1.82) is 0 Å². The lowest BCUT2D eigenvalue weighted by molar-refractivity contribution is -0.0499. The molecule has 24 heavy (non-hydrogen) atoms. The van der Waals surface area contributed by atoms with Crippen LogP contribution in [0.2, 0.25) is 0 Å². The van der Waals surface area contributed by atoms with E-state index in [2.05, 4.69) is 50.1 Å². The molecule has 0 N–H and O–H groups in total. The summed E-state index contributed by atoms with van der Waals surface area (Å²) in [6, 6.07) is 11.0. The number of nitrogens with zero attached hydrogens (tertiary/aromatic N) is 4. The molecule has 0 amide bonds. The van der Waals surface area contributed by atoms with Crippen LogP contribution in [0.25, 0.3) is 0 Å². The summed E-state index contributed by atoms with van der Waals surface area (Å²) in [5.74, 6) is 1.38. The van der Waals surface area contributed by atoms with E-state index in [4.69, 9.17) is 9.47 Å². The second kappa shape index (κ2) is 6.75. The van der Waals surface area contributed by atoms with E-state index in [1.54, 1.807) is 19.5 Å². The molecule has 0 saturated carbocycles. The summed E-state index contributed by atoms with van der Waals surface area (Å²) < 4.78 is 11.4. The van der Waals surface area contributed by atoms with Gasteiger partial charge in [0, 0.05) is 38.6 Å². The lowest BCUT2D eigenvalue weighted by Gasteiger charge is -2.36. The van der Waals surface area contributed by atoms with E-state index in [0.717, 1.165) is 38.6 Å². The first-order valence-corrected chi connectivity index (χ1v) is 8.34. The molecule has 1 aromatic heterocycles. The molecule has 0 spiro atoms. The molecule has 3 heterocycles. The normalized spacial score (nSPS) is 24.0. The average molecular weight is 326 g/mol. The zero-order valence-corrected chi connectivity index (χ0v) is 13.8. The van der Waals surface area contributed by atoms with Crippen LogP contribution in [0.5, 0.6) is 5.88 Å². The second-order valence-electron chi connectivity index (χ2n) is 6.23. The van der Waals surface area contributed by atoms with Gasteiger partial charge in [-0.1, -0.05) is 30.3 Å². The quantitative estimate of drug-likeness (QED) is 0.850. The maximum absolute atomic E-state index is 6.02. The number of benzene rings is 1. The third-order valence-corrected chi connectivity index (χ3v) is 4.78. The highest BCUT2D eigenvalue weighted by molar-refractivity contribution is 5.49. The minimum atomic E-state index is 0.203. The van der Waals surface area contributed by atoms with Gasteiger partial charge in [-0.25, -0.2) is 9.97 Å². The zero-order valence-electron chi connectivity index (χ0n) is 13.8. The van der Waals surface area contributed by atoms with Gasteiger partial charge in [-0.15, -0.1) is 0 Å². The molecular formula is C18H22N4O2. The topological polar surface area (TPSA) is 50.7 Å². The molecule has 0 bridgehead atoms. The number of hydrogen-bond acceptors (Lipinski definition) is 6. The Hall–Kier alpha value is -2.18. The van der Waals surface area contributed by atoms with Crippen LogP contribution in [-0.2, 0) is 11.3 Å². The fourth-order valence-electron chi connectivity index (χ4n) is 3.62. The highest BCUT2D eigenvalue weighted by Crippen LogP contribution is 2.31. The maximum Gasteiger partial charge on any atom is 0.257 e. The summed E-state index contributed by atoms with van der Waals surface area (Å²) in [6.07, 6.45) is 3.57. The predicted molar refractivity (Wildman–Crippen MR) is 91.2 cm³/mol. The number of rotatable bonds is 4. The Kier molecular flexibility index (Phi) is 4.32. The van der Waals surface area contributed by atoms with Crippen LogP contribution in [0.1, 0.15) is 5.56 Å². The van der Waals surface area contributed by atoms with Crippen LogP contribution in [0.4, 0.5) is 5.82 Å². The maximum atomic E-state index is 6.02. The summed E-state index contributed by atoms with van der Waals surface area (Å²) in [4.78, 5) is 13.5. The number of fused-ring (bicyclic) bond motifs is 1. The molecule has 2 saturated heterocycles. The van der Waals surface area contributed by atoms with E-state index in [-0.39, 0.29) is 6.10 Å². The first-order chi connectivity index (χ1) is 11.8. The minimum Gasteiger partial charge on any atom is -0.478 e. The molecular weight excluding hydrogens is 304 g/mol. The van der Waals surface area contributed by atoms with Crippen molar-refractivity contribution in [2.24, 2.45) is 0 Å².